The van der Waals surface area contributed by atoms with E-state index in [4.69, 9.17) is 9.25 Å². The van der Waals surface area contributed by atoms with Gasteiger partial charge in [-0.1, -0.05) is 0 Å². The highest BCUT2D eigenvalue weighted by atomic mass is 16.6. The van der Waals surface area contributed by atoms with Crippen LogP contribution in [0.2, 0.25) is 0 Å². The van der Waals surface area contributed by atoms with Crippen molar-refractivity contribution < 1.29 is 9.25 Å². The van der Waals surface area contributed by atoms with Gasteiger partial charge in [-0.05, 0) is 6.92 Å². The van der Waals surface area contributed by atoms with E-state index < -0.39 is 0 Å². The van der Waals surface area contributed by atoms with Crippen molar-refractivity contribution in [1.82, 2.24) is 15.7 Å². The molecule has 5 heteroatoms. The van der Waals surface area contributed by atoms with E-state index in [-0.39, 0.29) is 0 Å². The van der Waals surface area contributed by atoms with Crippen molar-refractivity contribution in [3.63, 3.8) is 0 Å². The summed E-state index contributed by atoms with van der Waals surface area (Å²) in [4.78, 5) is 4.87. The normalized spacial score (nSPS) is 10.4. The van der Waals surface area contributed by atoms with Crippen molar-refractivity contribution in [1.29, 1.82) is 0 Å². The monoisotopic (exact) mass is 157 g/mol. The highest BCUT2D eigenvalue weighted by molar-refractivity contribution is 4.76. The third kappa shape index (κ3) is 2.65. The molecule has 1 rings (SSSR count). The van der Waals surface area contributed by atoms with E-state index >= 15 is 0 Å². The Labute approximate surface area is 64.7 Å². The van der Waals surface area contributed by atoms with E-state index in [2.05, 4.69) is 15.7 Å². The molecule has 0 unspecified atom stereocenters. The van der Waals surface area contributed by atoms with Crippen LogP contribution in [0, 0.1) is 6.92 Å². The Morgan fingerprint density at radius 3 is 2.91 bits per heavy atom. The third-order valence-corrected chi connectivity index (χ3v) is 1.04. The molecule has 5 nitrogen and oxygen atoms in total. The van der Waals surface area contributed by atoms with Gasteiger partial charge in [0.05, 0.1) is 13.2 Å². The van der Waals surface area contributed by atoms with Gasteiger partial charge in [-0.25, -0.2) is 0 Å². The summed E-state index contributed by atoms with van der Waals surface area (Å²) < 4.78 is 5.07. The van der Waals surface area contributed by atoms with Crippen LogP contribution >= 0.6 is 0 Å². The number of hydrogen-bond acceptors (Lipinski definition) is 5. The second-order valence-electron chi connectivity index (χ2n) is 1.97. The maximum absolute atomic E-state index is 5.07. The zero-order chi connectivity index (χ0) is 8.10. The lowest BCUT2D eigenvalue weighted by atomic mass is 10.7. The van der Waals surface area contributed by atoms with Crippen molar-refractivity contribution in [2.75, 3.05) is 6.61 Å². The summed E-state index contributed by atoms with van der Waals surface area (Å²) in [6.07, 6.45) is 0. The van der Waals surface area contributed by atoms with Crippen molar-refractivity contribution in [2.24, 2.45) is 0 Å². The van der Waals surface area contributed by atoms with Gasteiger partial charge in [0.2, 0.25) is 11.8 Å². The number of rotatable bonds is 4. The van der Waals surface area contributed by atoms with Crippen LogP contribution in [-0.4, -0.2) is 16.8 Å². The molecule has 1 aromatic rings. The first kappa shape index (κ1) is 8.16. The Bertz CT molecular complexity index is 211. The van der Waals surface area contributed by atoms with Crippen LogP contribution in [0.1, 0.15) is 18.7 Å². The summed E-state index contributed by atoms with van der Waals surface area (Å²) in [7, 11) is 0. The zero-order valence-electron chi connectivity index (χ0n) is 6.63. The first-order chi connectivity index (χ1) is 5.33. The Hall–Kier alpha value is -0.940. The number of nitrogens with zero attached hydrogens (tertiary/aromatic N) is 2. The van der Waals surface area contributed by atoms with Gasteiger partial charge in [-0.3, -0.25) is 0 Å². The van der Waals surface area contributed by atoms with E-state index in [1.807, 2.05) is 6.92 Å². The molecule has 0 spiro atoms. The topological polar surface area (TPSA) is 60.2 Å². The zero-order valence-corrected chi connectivity index (χ0v) is 6.63. The predicted molar refractivity (Wildman–Crippen MR) is 37.5 cm³/mol. The lowest BCUT2D eigenvalue weighted by Crippen LogP contribution is -2.13. The number of aryl methyl sites for hydroxylation is 1. The summed E-state index contributed by atoms with van der Waals surface area (Å²) in [5.41, 5.74) is 2.67. The number of hydroxylamine groups is 1. The van der Waals surface area contributed by atoms with Crippen LogP contribution in [0.4, 0.5) is 0 Å². The van der Waals surface area contributed by atoms with Crippen LogP contribution in [0.5, 0.6) is 0 Å². The van der Waals surface area contributed by atoms with Gasteiger partial charge in [0.15, 0.2) is 0 Å². The van der Waals surface area contributed by atoms with Crippen molar-refractivity contribution in [3.8, 4) is 0 Å². The molecule has 1 heterocycles. The largest absolute Gasteiger partial charge is 0.424 e. The Balaban J connectivity index is 2.27. The fraction of sp³-hybridized carbons (Fsp3) is 0.667. The van der Waals surface area contributed by atoms with Gasteiger partial charge >= 0.3 is 0 Å². The summed E-state index contributed by atoms with van der Waals surface area (Å²) in [6.45, 7) is 4.71. The van der Waals surface area contributed by atoms with E-state index in [1.54, 1.807) is 6.92 Å². The fourth-order valence-corrected chi connectivity index (χ4v) is 0.624. The van der Waals surface area contributed by atoms with Crippen LogP contribution < -0.4 is 5.48 Å². The molecule has 62 valence electrons. The molecule has 0 bridgehead atoms. The van der Waals surface area contributed by atoms with Gasteiger partial charge in [0, 0.05) is 6.92 Å². The minimum atomic E-state index is 0.453. The van der Waals surface area contributed by atoms with Gasteiger partial charge < -0.3 is 9.25 Å². The average molecular weight is 157 g/mol. The minimum absolute atomic E-state index is 0.453. The molecule has 1 aromatic heterocycles. The van der Waals surface area contributed by atoms with Gasteiger partial charge in [0.25, 0.3) is 0 Å². The summed E-state index contributed by atoms with van der Waals surface area (Å²) in [5.74, 6) is 1.11. The molecule has 0 atom stereocenters. The summed E-state index contributed by atoms with van der Waals surface area (Å²) in [5, 5.41) is 7.41. The van der Waals surface area contributed by atoms with Crippen molar-refractivity contribution >= 4 is 0 Å². The second-order valence-corrected chi connectivity index (χ2v) is 1.97. The van der Waals surface area contributed by atoms with E-state index in [0.29, 0.717) is 24.9 Å². The van der Waals surface area contributed by atoms with Crippen molar-refractivity contribution in [3.05, 3.63) is 11.8 Å². The van der Waals surface area contributed by atoms with Gasteiger partial charge in [0.1, 0.15) is 0 Å². The predicted octanol–water partition coefficient (Wildman–Crippen LogP) is 0.419. The van der Waals surface area contributed by atoms with Crippen LogP contribution in [0.15, 0.2) is 4.42 Å². The smallest absolute Gasteiger partial charge is 0.232 e. The SMILES string of the molecule is CCONCc1nnc(C)o1. The molecule has 0 aliphatic rings. The quantitative estimate of drug-likeness (QED) is 0.507. The molecule has 0 aliphatic carbocycles. The molecular formula is C6H11N3O2. The molecule has 0 aromatic carbocycles. The van der Waals surface area contributed by atoms with E-state index in [9.17, 15) is 0 Å². The van der Waals surface area contributed by atoms with Gasteiger partial charge in [-0.2, -0.15) is 5.48 Å². The fourth-order valence-electron chi connectivity index (χ4n) is 0.624. The van der Waals surface area contributed by atoms with Gasteiger partial charge in [-0.15, -0.1) is 10.2 Å². The third-order valence-electron chi connectivity index (χ3n) is 1.04. The van der Waals surface area contributed by atoms with Crippen LogP contribution in [0.3, 0.4) is 0 Å². The maximum Gasteiger partial charge on any atom is 0.232 e. The Kier molecular flexibility index (Phi) is 3.00. The molecule has 11 heavy (non-hydrogen) atoms. The molecule has 0 fully saturated rings. The van der Waals surface area contributed by atoms with Crippen molar-refractivity contribution in [2.45, 2.75) is 20.4 Å². The molecule has 0 saturated heterocycles. The molecular weight excluding hydrogens is 146 g/mol. The van der Waals surface area contributed by atoms with Crippen LogP contribution in [-0.2, 0) is 11.4 Å². The second kappa shape index (κ2) is 4.05. The molecule has 0 saturated carbocycles. The molecule has 0 amide bonds. The van der Waals surface area contributed by atoms with E-state index in [1.165, 1.54) is 0 Å². The lowest BCUT2D eigenvalue weighted by molar-refractivity contribution is 0.0414. The minimum Gasteiger partial charge on any atom is -0.424 e. The molecule has 1 N–H and O–H groups in total. The van der Waals surface area contributed by atoms with E-state index in [0.717, 1.165) is 0 Å². The average Bonchev–Trinajstić information content (AvgIpc) is 2.37. The molecule has 0 aliphatic heterocycles. The molecule has 0 radical (unpaired) electrons. The first-order valence-corrected chi connectivity index (χ1v) is 3.46. The Morgan fingerprint density at radius 2 is 2.36 bits per heavy atom. The Morgan fingerprint density at radius 1 is 1.55 bits per heavy atom. The van der Waals surface area contributed by atoms with Crippen LogP contribution in [0.25, 0.3) is 0 Å². The lowest BCUT2D eigenvalue weighted by Gasteiger charge is -1.97. The summed E-state index contributed by atoms with van der Waals surface area (Å²) in [6, 6.07) is 0. The number of aromatic nitrogens is 2. The highest BCUT2D eigenvalue weighted by Gasteiger charge is 1.99. The first-order valence-electron chi connectivity index (χ1n) is 3.46. The maximum atomic E-state index is 5.07. The highest BCUT2D eigenvalue weighted by Crippen LogP contribution is 1.95. The standard InChI is InChI=1S/C6H11N3O2/c1-3-10-7-4-6-9-8-5(2)11-6/h7H,3-4H2,1-2H3. The number of hydrogen-bond donors (Lipinski definition) is 1. The number of nitrogens with one attached hydrogen (secondary N) is 1. The summed E-state index contributed by atoms with van der Waals surface area (Å²) >= 11 is 0.